The van der Waals surface area contributed by atoms with Gasteiger partial charge >= 0.3 is 39.8 Å². The molecular formula is C23H15F6NO6S2Si. The van der Waals surface area contributed by atoms with Gasteiger partial charge in [0, 0.05) is 17.7 Å². The average molecular weight is 608 g/mol. The van der Waals surface area contributed by atoms with E-state index in [-0.39, 0.29) is 22.6 Å². The lowest BCUT2D eigenvalue weighted by molar-refractivity contribution is -0.0518. The fourth-order valence-corrected chi connectivity index (χ4v) is 12.3. The molecule has 7 nitrogen and oxygen atoms in total. The van der Waals surface area contributed by atoms with Gasteiger partial charge in [-0.3, -0.25) is 0 Å². The molecule has 16 heteroatoms. The highest BCUT2D eigenvalue weighted by Crippen LogP contribution is 2.50. The molecule has 5 rings (SSSR count). The third-order valence-electron chi connectivity index (χ3n) is 5.98. The van der Waals surface area contributed by atoms with Crippen LogP contribution in [0.15, 0.2) is 72.8 Å². The Morgan fingerprint density at radius 1 is 0.615 bits per heavy atom. The van der Waals surface area contributed by atoms with Gasteiger partial charge in [0.1, 0.15) is 11.5 Å². The molecule has 1 aliphatic heterocycles. The summed E-state index contributed by atoms with van der Waals surface area (Å²) in [6, 6.07) is 18.6. The number of benzene rings is 4. The first-order valence-electron chi connectivity index (χ1n) is 10.8. The van der Waals surface area contributed by atoms with E-state index in [1.54, 1.807) is 48.5 Å². The molecule has 0 fully saturated rings. The molecule has 0 atom stereocenters. The third kappa shape index (κ3) is 4.13. The number of sulfonamides is 2. The van der Waals surface area contributed by atoms with E-state index < -0.39 is 43.2 Å². The maximum absolute atomic E-state index is 13.7. The second kappa shape index (κ2) is 8.58. The second-order valence-electron chi connectivity index (χ2n) is 8.52. The fraction of sp³-hybridized carbons (Fsp3) is 0.130. The van der Waals surface area contributed by atoms with Crippen LogP contribution in [0.3, 0.4) is 0 Å². The lowest BCUT2D eigenvalue weighted by atomic mass is 9.92. The van der Waals surface area contributed by atoms with Gasteiger partial charge in [0.2, 0.25) is 0 Å². The summed E-state index contributed by atoms with van der Waals surface area (Å²) in [6.07, 6.45) is 0. The molecule has 0 saturated carbocycles. The van der Waals surface area contributed by atoms with Crippen LogP contribution in [0.2, 0.25) is 6.55 Å². The van der Waals surface area contributed by atoms with Crippen molar-refractivity contribution in [3.63, 3.8) is 0 Å². The van der Waals surface area contributed by atoms with E-state index in [0.29, 0.717) is 28.1 Å². The Hall–Kier alpha value is -3.34. The molecule has 0 amide bonds. The summed E-state index contributed by atoms with van der Waals surface area (Å²) in [5.41, 5.74) is -12.5. The summed E-state index contributed by atoms with van der Waals surface area (Å²) in [5.74, 6) is -0.726. The highest BCUT2D eigenvalue weighted by molar-refractivity contribution is 8.06. The summed E-state index contributed by atoms with van der Waals surface area (Å²) in [4.78, 5) is 0. The molecule has 39 heavy (non-hydrogen) atoms. The van der Waals surface area contributed by atoms with Crippen molar-refractivity contribution in [1.29, 1.82) is 0 Å². The summed E-state index contributed by atoms with van der Waals surface area (Å²) >= 11 is 0. The number of halogens is 6. The smallest absolute Gasteiger partial charge is 0.499 e. The Labute approximate surface area is 218 Å². The lowest BCUT2D eigenvalue weighted by Crippen LogP contribution is -2.68. The van der Waals surface area contributed by atoms with Gasteiger partial charge in [-0.2, -0.15) is 26.3 Å². The molecule has 0 unspecified atom stereocenters. The van der Waals surface area contributed by atoms with Crippen LogP contribution < -0.4 is 8.85 Å². The van der Waals surface area contributed by atoms with Crippen LogP contribution >= 0.6 is 0 Å². The summed E-state index contributed by atoms with van der Waals surface area (Å²) in [5, 5.41) is 2.09. The van der Waals surface area contributed by atoms with Gasteiger partial charge in [-0.05, 0) is 37.1 Å². The summed E-state index contributed by atoms with van der Waals surface area (Å²) in [6.45, 7) is 0.489. The first kappa shape index (κ1) is 27.2. The van der Waals surface area contributed by atoms with Crippen LogP contribution in [0.5, 0.6) is 11.5 Å². The number of alkyl halides is 6. The van der Waals surface area contributed by atoms with Gasteiger partial charge in [0.15, 0.2) is 0 Å². The molecule has 0 bridgehead atoms. The van der Waals surface area contributed by atoms with E-state index >= 15 is 0 Å². The monoisotopic (exact) mass is 607 g/mol. The molecule has 0 N–H and O–H groups in total. The van der Waals surface area contributed by atoms with Gasteiger partial charge in [-0.25, -0.2) is 16.8 Å². The van der Waals surface area contributed by atoms with Crippen molar-refractivity contribution in [3.05, 3.63) is 72.8 Å². The Morgan fingerprint density at radius 2 is 0.974 bits per heavy atom. The van der Waals surface area contributed by atoms with Gasteiger partial charge in [0.25, 0.3) is 0 Å². The molecular weight excluding hydrogens is 592 g/mol. The van der Waals surface area contributed by atoms with Gasteiger partial charge in [-0.15, -0.1) is 0 Å². The van der Waals surface area contributed by atoms with E-state index in [1.807, 2.05) is 0 Å². The zero-order valence-electron chi connectivity index (χ0n) is 19.4. The Balaban J connectivity index is 1.92. The van der Waals surface area contributed by atoms with E-state index in [1.165, 1.54) is 24.3 Å². The van der Waals surface area contributed by atoms with Crippen molar-refractivity contribution in [2.75, 3.05) is 0 Å². The van der Waals surface area contributed by atoms with Gasteiger partial charge in [0.05, 0.1) is 0 Å². The van der Waals surface area contributed by atoms with Crippen molar-refractivity contribution in [3.8, 4) is 22.6 Å². The highest BCUT2D eigenvalue weighted by atomic mass is 32.3. The quantitative estimate of drug-likeness (QED) is 0.210. The number of rotatable bonds is 3. The molecule has 0 aliphatic carbocycles. The zero-order valence-corrected chi connectivity index (χ0v) is 22.0. The SMILES string of the molecule is C[Si]1(N(S(=O)(=O)C(F)(F)F)S(=O)(=O)C(F)(F)F)Oc2ccc3ccccc3c2-c2c(ccc3ccccc23)O1. The molecule has 4 aromatic carbocycles. The number of fused-ring (bicyclic) bond motifs is 7. The van der Waals surface area contributed by atoms with Crippen LogP contribution in [0.4, 0.5) is 26.3 Å². The molecule has 0 aromatic heterocycles. The van der Waals surface area contributed by atoms with Crippen molar-refractivity contribution >= 4 is 50.3 Å². The van der Waals surface area contributed by atoms with E-state index in [0.717, 1.165) is 0 Å². The first-order chi connectivity index (χ1) is 18.0. The predicted molar refractivity (Wildman–Crippen MR) is 132 cm³/mol. The normalized spacial score (nSPS) is 15.8. The van der Waals surface area contributed by atoms with Gasteiger partial charge < -0.3 is 8.85 Å². The third-order valence-corrected chi connectivity index (χ3v) is 14.5. The maximum Gasteiger partial charge on any atom is 0.580 e. The number of nitrogens with zero attached hydrogens (tertiary/aromatic N) is 1. The van der Waals surface area contributed by atoms with Crippen molar-refractivity contribution in [2.45, 2.75) is 17.6 Å². The van der Waals surface area contributed by atoms with E-state index in [9.17, 15) is 43.2 Å². The Morgan fingerprint density at radius 3 is 1.33 bits per heavy atom. The van der Waals surface area contributed by atoms with Crippen LogP contribution in [0.1, 0.15) is 0 Å². The van der Waals surface area contributed by atoms with Crippen LogP contribution in [0.25, 0.3) is 32.7 Å². The van der Waals surface area contributed by atoms with Crippen molar-refractivity contribution in [1.82, 2.24) is 3.38 Å². The Bertz CT molecular complexity index is 1730. The minimum Gasteiger partial charge on any atom is -0.499 e. The van der Waals surface area contributed by atoms with E-state index in [2.05, 4.69) is 0 Å². The minimum absolute atomic E-state index is 0.171. The largest absolute Gasteiger partial charge is 0.580 e. The summed E-state index contributed by atoms with van der Waals surface area (Å²) in [7, 11) is -20.2. The predicted octanol–water partition coefficient (Wildman–Crippen LogP) is 6.00. The standard InChI is InChI=1S/C23H15F6NO6S2Si/c1-39(30(37(31,32)22(24,25)26)38(33,34)23(27,28)29)35-18-12-10-14-6-2-4-8-16(14)20(18)21-17-9-5-3-7-15(17)11-13-19(21)36-39/h2-13H,1H3. The minimum atomic E-state index is -7.21. The number of hydrogen-bond acceptors (Lipinski definition) is 6. The summed E-state index contributed by atoms with van der Waals surface area (Å²) < 4.78 is 142. The Kier molecular flexibility index (Phi) is 5.99. The lowest BCUT2D eigenvalue weighted by Gasteiger charge is -2.35. The molecule has 1 aliphatic rings. The van der Waals surface area contributed by atoms with E-state index in [4.69, 9.17) is 8.85 Å². The molecule has 0 radical (unpaired) electrons. The van der Waals surface area contributed by atoms with Crippen LogP contribution in [-0.2, 0) is 20.0 Å². The molecule has 1 heterocycles. The topological polar surface area (TPSA) is 90.0 Å². The highest BCUT2D eigenvalue weighted by Gasteiger charge is 2.72. The molecule has 4 aromatic rings. The molecule has 0 spiro atoms. The number of hydrogen-bond donors (Lipinski definition) is 0. The van der Waals surface area contributed by atoms with Crippen molar-refractivity contribution < 1.29 is 52.0 Å². The van der Waals surface area contributed by atoms with Crippen LogP contribution in [-0.4, -0.2) is 40.0 Å². The average Bonchev–Trinajstić information content (AvgIpc) is 2.95. The van der Waals surface area contributed by atoms with Gasteiger partial charge in [-0.1, -0.05) is 60.7 Å². The molecule has 206 valence electrons. The fourth-order valence-electron chi connectivity index (χ4n) is 4.45. The first-order valence-corrected chi connectivity index (χ1v) is 16.0. The van der Waals surface area contributed by atoms with Crippen molar-refractivity contribution in [2.24, 2.45) is 0 Å². The maximum atomic E-state index is 13.7. The van der Waals surface area contributed by atoms with Crippen LogP contribution in [0, 0.1) is 0 Å². The molecule has 0 saturated heterocycles. The zero-order chi connectivity index (χ0) is 28.6. The second-order valence-corrected chi connectivity index (χ2v) is 15.6.